The van der Waals surface area contributed by atoms with E-state index in [2.05, 4.69) is 41.4 Å². The van der Waals surface area contributed by atoms with Gasteiger partial charge in [-0.25, -0.2) is 0 Å². The zero-order valence-electron chi connectivity index (χ0n) is 15.2. The molecule has 26 heavy (non-hydrogen) atoms. The lowest BCUT2D eigenvalue weighted by Gasteiger charge is -2.27. The zero-order chi connectivity index (χ0) is 18.2. The molecule has 2 aromatic rings. The Morgan fingerprint density at radius 3 is 2.77 bits per heavy atom. The standard InChI is InChI=1S/C21H26N2O2S/c1-17(11-12-23-13-15-25-16-14-23)22-21(24)10-8-19-7-9-20(26-19)18-5-3-2-4-6-18/h2-10,17H,11-16H2,1H3,(H,22,24). The summed E-state index contributed by atoms with van der Waals surface area (Å²) in [5.41, 5.74) is 1.21. The second kappa shape index (κ2) is 9.67. The van der Waals surface area contributed by atoms with Gasteiger partial charge in [-0.3, -0.25) is 9.69 Å². The van der Waals surface area contributed by atoms with Crippen molar-refractivity contribution in [3.8, 4) is 10.4 Å². The topological polar surface area (TPSA) is 41.6 Å². The van der Waals surface area contributed by atoms with Gasteiger partial charge in [0.15, 0.2) is 0 Å². The van der Waals surface area contributed by atoms with Gasteiger partial charge in [0.2, 0.25) is 5.91 Å². The number of hydrogen-bond acceptors (Lipinski definition) is 4. The number of rotatable bonds is 7. The highest BCUT2D eigenvalue weighted by atomic mass is 32.1. The molecule has 138 valence electrons. The van der Waals surface area contributed by atoms with Crippen LogP contribution in [0.5, 0.6) is 0 Å². The number of ether oxygens (including phenoxy) is 1. The highest BCUT2D eigenvalue weighted by Gasteiger charge is 2.12. The van der Waals surface area contributed by atoms with Crippen molar-refractivity contribution < 1.29 is 9.53 Å². The fraction of sp³-hybridized carbons (Fsp3) is 0.381. The maximum Gasteiger partial charge on any atom is 0.244 e. The summed E-state index contributed by atoms with van der Waals surface area (Å²) in [5.74, 6) is -0.0332. The van der Waals surface area contributed by atoms with Crippen molar-refractivity contribution in [2.75, 3.05) is 32.8 Å². The summed E-state index contributed by atoms with van der Waals surface area (Å²) in [6.45, 7) is 6.67. The summed E-state index contributed by atoms with van der Waals surface area (Å²) >= 11 is 1.69. The van der Waals surface area contributed by atoms with Crippen molar-refractivity contribution in [1.29, 1.82) is 0 Å². The number of hydrogen-bond donors (Lipinski definition) is 1. The molecule has 1 N–H and O–H groups in total. The summed E-state index contributed by atoms with van der Waals surface area (Å²) in [7, 11) is 0. The van der Waals surface area contributed by atoms with E-state index in [4.69, 9.17) is 4.74 Å². The molecule has 2 heterocycles. The van der Waals surface area contributed by atoms with Crippen molar-refractivity contribution in [2.24, 2.45) is 0 Å². The Bertz CT molecular complexity index is 721. The molecule has 1 fully saturated rings. The van der Waals surface area contributed by atoms with E-state index in [1.807, 2.05) is 24.3 Å². The summed E-state index contributed by atoms with van der Waals surface area (Å²) < 4.78 is 5.36. The molecule has 4 nitrogen and oxygen atoms in total. The average molecular weight is 371 g/mol. The van der Waals surface area contributed by atoms with Crippen LogP contribution in [0.15, 0.2) is 48.5 Å². The first-order valence-electron chi connectivity index (χ1n) is 9.14. The molecule has 1 aromatic heterocycles. The third kappa shape index (κ3) is 5.80. The van der Waals surface area contributed by atoms with Gasteiger partial charge in [0, 0.05) is 41.5 Å². The molecule has 0 bridgehead atoms. The summed E-state index contributed by atoms with van der Waals surface area (Å²) in [6.07, 6.45) is 4.48. The van der Waals surface area contributed by atoms with Gasteiger partial charge in [-0.15, -0.1) is 11.3 Å². The number of nitrogens with one attached hydrogen (secondary N) is 1. The molecule has 0 radical (unpaired) electrons. The first-order chi connectivity index (χ1) is 12.7. The van der Waals surface area contributed by atoms with E-state index >= 15 is 0 Å². The largest absolute Gasteiger partial charge is 0.379 e. The van der Waals surface area contributed by atoms with Crippen molar-refractivity contribution in [2.45, 2.75) is 19.4 Å². The predicted octanol–water partition coefficient (Wildman–Crippen LogP) is 3.66. The lowest BCUT2D eigenvalue weighted by atomic mass is 10.2. The van der Waals surface area contributed by atoms with Crippen LogP contribution in [0.1, 0.15) is 18.2 Å². The first kappa shape index (κ1) is 18.8. The molecule has 3 rings (SSSR count). The average Bonchev–Trinajstić information content (AvgIpc) is 3.15. The number of carbonyl (C=O) groups excluding carboxylic acids is 1. The molecular formula is C21H26N2O2S. The molecule has 5 heteroatoms. The number of benzene rings is 1. The second-order valence-corrected chi connectivity index (χ2v) is 7.67. The molecule has 1 aliphatic heterocycles. The van der Waals surface area contributed by atoms with E-state index in [0.29, 0.717) is 0 Å². The fourth-order valence-electron chi connectivity index (χ4n) is 2.92. The van der Waals surface area contributed by atoms with E-state index in [9.17, 15) is 4.79 Å². The van der Waals surface area contributed by atoms with Crippen molar-refractivity contribution in [1.82, 2.24) is 10.2 Å². The van der Waals surface area contributed by atoms with E-state index < -0.39 is 0 Å². The van der Waals surface area contributed by atoms with Crippen LogP contribution in [0.3, 0.4) is 0 Å². The zero-order valence-corrected chi connectivity index (χ0v) is 16.0. The second-order valence-electron chi connectivity index (χ2n) is 6.55. The molecule has 0 aliphatic carbocycles. The van der Waals surface area contributed by atoms with Crippen LogP contribution in [-0.2, 0) is 9.53 Å². The van der Waals surface area contributed by atoms with Crippen LogP contribution in [-0.4, -0.2) is 49.7 Å². The van der Waals surface area contributed by atoms with Crippen LogP contribution in [0, 0.1) is 0 Å². The lowest BCUT2D eigenvalue weighted by Crippen LogP contribution is -2.40. The number of morpholine rings is 1. The summed E-state index contributed by atoms with van der Waals surface area (Å²) in [4.78, 5) is 16.8. The molecular weight excluding hydrogens is 344 g/mol. The Morgan fingerprint density at radius 2 is 2.00 bits per heavy atom. The Morgan fingerprint density at radius 1 is 1.23 bits per heavy atom. The third-order valence-corrected chi connectivity index (χ3v) is 5.55. The van der Waals surface area contributed by atoms with Crippen molar-refractivity contribution >= 4 is 23.3 Å². The normalized spacial score (nSPS) is 16.7. The molecule has 1 aliphatic rings. The molecule has 0 saturated carbocycles. The van der Waals surface area contributed by atoms with Gasteiger partial charge >= 0.3 is 0 Å². The Labute approximate surface area is 159 Å². The smallest absolute Gasteiger partial charge is 0.244 e. The van der Waals surface area contributed by atoms with Gasteiger partial charge in [-0.2, -0.15) is 0 Å². The maximum absolute atomic E-state index is 12.1. The molecule has 1 atom stereocenters. The van der Waals surface area contributed by atoms with Crippen molar-refractivity contribution in [3.63, 3.8) is 0 Å². The number of amides is 1. The minimum atomic E-state index is -0.0332. The van der Waals surface area contributed by atoms with Crippen LogP contribution >= 0.6 is 11.3 Å². The molecule has 1 aromatic carbocycles. The Balaban J connectivity index is 1.44. The Kier molecular flexibility index (Phi) is 7.00. The van der Waals surface area contributed by atoms with Crippen LogP contribution in [0.2, 0.25) is 0 Å². The van der Waals surface area contributed by atoms with Gasteiger partial charge in [0.25, 0.3) is 0 Å². The highest BCUT2D eigenvalue weighted by Crippen LogP contribution is 2.28. The van der Waals surface area contributed by atoms with E-state index in [0.717, 1.165) is 44.1 Å². The van der Waals surface area contributed by atoms with E-state index in [1.54, 1.807) is 17.4 Å². The highest BCUT2D eigenvalue weighted by molar-refractivity contribution is 7.16. The van der Waals surface area contributed by atoms with Gasteiger partial charge in [-0.05, 0) is 37.1 Å². The molecule has 1 saturated heterocycles. The Hall–Kier alpha value is -1.95. The van der Waals surface area contributed by atoms with Gasteiger partial charge in [-0.1, -0.05) is 30.3 Å². The lowest BCUT2D eigenvalue weighted by molar-refractivity contribution is -0.117. The SMILES string of the molecule is CC(CCN1CCOCC1)NC(=O)C=Cc1ccc(-c2ccccc2)s1. The van der Waals surface area contributed by atoms with E-state index in [1.165, 1.54) is 10.4 Å². The third-order valence-electron chi connectivity index (χ3n) is 4.45. The number of carbonyl (C=O) groups is 1. The number of thiophene rings is 1. The van der Waals surface area contributed by atoms with Crippen LogP contribution < -0.4 is 5.32 Å². The summed E-state index contributed by atoms with van der Waals surface area (Å²) in [6, 6.07) is 14.6. The minimum absolute atomic E-state index is 0.0332. The fourth-order valence-corrected chi connectivity index (χ4v) is 3.84. The molecule has 0 spiro atoms. The van der Waals surface area contributed by atoms with Gasteiger partial charge in [0.1, 0.15) is 0 Å². The van der Waals surface area contributed by atoms with Crippen molar-refractivity contribution in [3.05, 3.63) is 53.4 Å². The quantitative estimate of drug-likeness (QED) is 0.757. The van der Waals surface area contributed by atoms with E-state index in [-0.39, 0.29) is 11.9 Å². The van der Waals surface area contributed by atoms with Crippen LogP contribution in [0.4, 0.5) is 0 Å². The molecule has 1 unspecified atom stereocenters. The van der Waals surface area contributed by atoms with Crippen LogP contribution in [0.25, 0.3) is 16.5 Å². The molecule has 1 amide bonds. The minimum Gasteiger partial charge on any atom is -0.379 e. The van der Waals surface area contributed by atoms with Gasteiger partial charge in [0.05, 0.1) is 13.2 Å². The first-order valence-corrected chi connectivity index (χ1v) is 9.96. The number of nitrogens with zero attached hydrogens (tertiary/aromatic N) is 1. The van der Waals surface area contributed by atoms with Gasteiger partial charge < -0.3 is 10.1 Å². The monoisotopic (exact) mass is 370 g/mol. The summed E-state index contributed by atoms with van der Waals surface area (Å²) in [5, 5.41) is 3.05. The maximum atomic E-state index is 12.1. The predicted molar refractivity (Wildman–Crippen MR) is 108 cm³/mol.